The molecular formula is C8H14ClNO. The van der Waals surface area contributed by atoms with Crippen LogP contribution in [0.1, 0.15) is 20.8 Å². The highest BCUT2D eigenvalue weighted by Gasteiger charge is 2.07. The van der Waals surface area contributed by atoms with Gasteiger partial charge in [-0.3, -0.25) is 4.79 Å². The fourth-order valence-electron chi connectivity index (χ4n) is 0.755. The first-order chi connectivity index (χ1) is 5.07. The minimum absolute atomic E-state index is 0.0208. The minimum atomic E-state index is -0.132. The summed E-state index contributed by atoms with van der Waals surface area (Å²) in [4.78, 5) is 11.1. The molecule has 0 aromatic carbocycles. The maximum absolute atomic E-state index is 11.1. The summed E-state index contributed by atoms with van der Waals surface area (Å²) in [5.41, 5.74) is 0. The van der Waals surface area contributed by atoms with Gasteiger partial charge in [0.05, 0.1) is 5.92 Å². The van der Waals surface area contributed by atoms with Crippen molar-refractivity contribution in [3.63, 3.8) is 0 Å². The van der Waals surface area contributed by atoms with E-state index in [1.807, 2.05) is 13.8 Å². The van der Waals surface area contributed by atoms with Crippen molar-refractivity contribution in [2.75, 3.05) is 6.54 Å². The zero-order valence-electron chi connectivity index (χ0n) is 7.15. The van der Waals surface area contributed by atoms with E-state index in [2.05, 4.69) is 5.32 Å². The summed E-state index contributed by atoms with van der Waals surface area (Å²) >= 11 is 5.60. The Morgan fingerprint density at radius 1 is 1.73 bits per heavy atom. The molecule has 0 heterocycles. The van der Waals surface area contributed by atoms with Gasteiger partial charge in [0.1, 0.15) is 0 Å². The lowest BCUT2D eigenvalue weighted by atomic mass is 10.1. The number of hydrogen-bond acceptors (Lipinski definition) is 1. The molecule has 0 aromatic rings. The number of nitrogens with one attached hydrogen (secondary N) is 1. The molecule has 2 nitrogen and oxygen atoms in total. The van der Waals surface area contributed by atoms with Crippen LogP contribution in [0.2, 0.25) is 0 Å². The molecule has 0 aromatic heterocycles. The van der Waals surface area contributed by atoms with Crippen LogP contribution in [-0.2, 0) is 4.79 Å². The van der Waals surface area contributed by atoms with Gasteiger partial charge in [-0.2, -0.15) is 0 Å². The third-order valence-corrected chi connectivity index (χ3v) is 1.37. The molecular weight excluding hydrogens is 162 g/mol. The van der Waals surface area contributed by atoms with Gasteiger partial charge in [0.15, 0.2) is 0 Å². The van der Waals surface area contributed by atoms with Gasteiger partial charge in [0.25, 0.3) is 0 Å². The molecule has 64 valence electrons. The Hall–Kier alpha value is -0.500. The molecule has 1 N–H and O–H groups in total. The van der Waals surface area contributed by atoms with Crippen molar-refractivity contribution in [2.45, 2.75) is 20.8 Å². The molecule has 0 aliphatic rings. The van der Waals surface area contributed by atoms with Gasteiger partial charge in [-0.15, -0.1) is 0 Å². The standard InChI is InChI=1S/C8H14ClNO/c1-4-10-8(11)6(2)5-7(3)9/h5-6H,4H2,1-3H3,(H,10,11)/b7-5+. The number of halogens is 1. The molecule has 1 unspecified atom stereocenters. The SMILES string of the molecule is CCNC(=O)C(C)/C=C(\C)Cl. The maximum Gasteiger partial charge on any atom is 0.226 e. The average Bonchev–Trinajstić information content (AvgIpc) is 1.86. The number of allylic oxidation sites excluding steroid dienone is 1. The van der Waals surface area contributed by atoms with Gasteiger partial charge < -0.3 is 5.32 Å². The van der Waals surface area contributed by atoms with Crippen molar-refractivity contribution >= 4 is 17.5 Å². The van der Waals surface area contributed by atoms with Crippen LogP contribution in [0.25, 0.3) is 0 Å². The Morgan fingerprint density at radius 3 is 2.64 bits per heavy atom. The highest BCUT2D eigenvalue weighted by Crippen LogP contribution is 2.05. The van der Waals surface area contributed by atoms with Crippen LogP contribution in [0.15, 0.2) is 11.1 Å². The number of carbonyl (C=O) groups is 1. The zero-order chi connectivity index (χ0) is 8.85. The molecule has 0 aliphatic heterocycles. The smallest absolute Gasteiger partial charge is 0.226 e. The van der Waals surface area contributed by atoms with Crippen LogP contribution in [-0.4, -0.2) is 12.5 Å². The summed E-state index contributed by atoms with van der Waals surface area (Å²) in [5.74, 6) is -0.111. The Balaban J connectivity index is 3.93. The van der Waals surface area contributed by atoms with Crippen LogP contribution >= 0.6 is 11.6 Å². The van der Waals surface area contributed by atoms with E-state index in [0.29, 0.717) is 11.6 Å². The van der Waals surface area contributed by atoms with E-state index >= 15 is 0 Å². The average molecular weight is 176 g/mol. The van der Waals surface area contributed by atoms with E-state index in [0.717, 1.165) is 0 Å². The fraction of sp³-hybridized carbons (Fsp3) is 0.625. The van der Waals surface area contributed by atoms with E-state index in [9.17, 15) is 4.79 Å². The molecule has 11 heavy (non-hydrogen) atoms. The van der Waals surface area contributed by atoms with Crippen molar-refractivity contribution in [1.29, 1.82) is 0 Å². The summed E-state index contributed by atoms with van der Waals surface area (Å²) in [6.07, 6.45) is 1.73. The van der Waals surface area contributed by atoms with E-state index in [4.69, 9.17) is 11.6 Å². The first-order valence-corrected chi connectivity index (χ1v) is 4.07. The lowest BCUT2D eigenvalue weighted by molar-refractivity contribution is -0.123. The van der Waals surface area contributed by atoms with Crippen LogP contribution in [0.5, 0.6) is 0 Å². The lowest BCUT2D eigenvalue weighted by Crippen LogP contribution is -2.27. The van der Waals surface area contributed by atoms with Crippen molar-refractivity contribution in [2.24, 2.45) is 5.92 Å². The number of amides is 1. The Kier molecular flexibility index (Phi) is 4.95. The van der Waals surface area contributed by atoms with Gasteiger partial charge in [0, 0.05) is 11.6 Å². The molecule has 0 radical (unpaired) electrons. The largest absolute Gasteiger partial charge is 0.356 e. The van der Waals surface area contributed by atoms with Gasteiger partial charge in [-0.1, -0.05) is 24.6 Å². The van der Waals surface area contributed by atoms with E-state index in [1.165, 1.54) is 0 Å². The van der Waals surface area contributed by atoms with Crippen LogP contribution in [0.4, 0.5) is 0 Å². The molecule has 0 saturated carbocycles. The quantitative estimate of drug-likeness (QED) is 0.698. The van der Waals surface area contributed by atoms with Gasteiger partial charge >= 0.3 is 0 Å². The van der Waals surface area contributed by atoms with Gasteiger partial charge in [0.2, 0.25) is 5.91 Å². The summed E-state index contributed by atoms with van der Waals surface area (Å²) in [7, 11) is 0. The molecule has 0 rings (SSSR count). The third-order valence-electron chi connectivity index (χ3n) is 1.24. The Bertz CT molecular complexity index is 161. The zero-order valence-corrected chi connectivity index (χ0v) is 7.90. The van der Waals surface area contributed by atoms with Crippen LogP contribution in [0.3, 0.4) is 0 Å². The Morgan fingerprint density at radius 2 is 2.27 bits per heavy atom. The first kappa shape index (κ1) is 10.5. The van der Waals surface area contributed by atoms with Gasteiger partial charge in [-0.05, 0) is 13.8 Å². The molecule has 0 aliphatic carbocycles. The summed E-state index contributed by atoms with van der Waals surface area (Å²) < 4.78 is 0. The molecule has 0 bridgehead atoms. The normalized spacial score (nSPS) is 14.4. The monoisotopic (exact) mass is 175 g/mol. The molecule has 0 saturated heterocycles. The topological polar surface area (TPSA) is 29.1 Å². The Labute approximate surface area is 72.6 Å². The highest BCUT2D eigenvalue weighted by molar-refractivity contribution is 6.29. The van der Waals surface area contributed by atoms with E-state index in [-0.39, 0.29) is 11.8 Å². The van der Waals surface area contributed by atoms with Crippen molar-refractivity contribution in [3.8, 4) is 0 Å². The van der Waals surface area contributed by atoms with Crippen LogP contribution in [0, 0.1) is 5.92 Å². The lowest BCUT2D eigenvalue weighted by Gasteiger charge is -2.05. The van der Waals surface area contributed by atoms with E-state index < -0.39 is 0 Å². The fourth-order valence-corrected chi connectivity index (χ4v) is 0.944. The summed E-state index contributed by atoms with van der Waals surface area (Å²) in [6, 6.07) is 0. The molecule has 0 fully saturated rings. The highest BCUT2D eigenvalue weighted by atomic mass is 35.5. The van der Waals surface area contributed by atoms with E-state index in [1.54, 1.807) is 13.0 Å². The van der Waals surface area contributed by atoms with Crippen LogP contribution < -0.4 is 5.32 Å². The third kappa shape index (κ3) is 4.85. The second-order valence-corrected chi connectivity index (χ2v) is 3.03. The molecule has 0 spiro atoms. The predicted octanol–water partition coefficient (Wildman–Crippen LogP) is 1.90. The maximum atomic E-state index is 11.1. The number of carbonyl (C=O) groups excluding carboxylic acids is 1. The van der Waals surface area contributed by atoms with Crippen molar-refractivity contribution < 1.29 is 4.79 Å². The minimum Gasteiger partial charge on any atom is -0.356 e. The van der Waals surface area contributed by atoms with Crippen molar-refractivity contribution in [3.05, 3.63) is 11.1 Å². The number of hydrogen-bond donors (Lipinski definition) is 1. The predicted molar refractivity (Wildman–Crippen MR) is 47.5 cm³/mol. The van der Waals surface area contributed by atoms with Gasteiger partial charge in [-0.25, -0.2) is 0 Å². The molecule has 1 atom stereocenters. The second kappa shape index (κ2) is 5.19. The summed E-state index contributed by atoms with van der Waals surface area (Å²) in [5, 5.41) is 3.36. The summed E-state index contributed by atoms with van der Waals surface area (Å²) in [6.45, 7) is 6.13. The molecule has 1 amide bonds. The number of rotatable bonds is 3. The molecule has 3 heteroatoms. The second-order valence-electron chi connectivity index (χ2n) is 2.44. The van der Waals surface area contributed by atoms with Crippen molar-refractivity contribution in [1.82, 2.24) is 5.32 Å². The first-order valence-electron chi connectivity index (χ1n) is 3.69.